The number of nitrogens with one attached hydrogen (secondary N) is 1. The minimum absolute atomic E-state index is 0.228. The maximum atomic E-state index is 3.90. The van der Waals surface area contributed by atoms with Crippen molar-refractivity contribution < 1.29 is 0 Å². The molecule has 1 unspecified atom stereocenters. The summed E-state index contributed by atoms with van der Waals surface area (Å²) in [4.78, 5) is 0. The highest BCUT2D eigenvalue weighted by Gasteiger charge is 2.07. The third-order valence-corrected chi connectivity index (χ3v) is 3.57. The maximum Gasteiger partial charge on any atom is 0.143 e. The third kappa shape index (κ3) is 2.63. The molecular weight excluding hydrogens is 258 g/mol. The van der Waals surface area contributed by atoms with Crippen molar-refractivity contribution in [2.45, 2.75) is 13.0 Å². The van der Waals surface area contributed by atoms with Crippen LogP contribution in [0.15, 0.2) is 47.4 Å². The van der Waals surface area contributed by atoms with Crippen LogP contribution in [0.25, 0.3) is 5.69 Å². The molecule has 96 valence electrons. The highest BCUT2D eigenvalue weighted by atomic mass is 32.1. The van der Waals surface area contributed by atoms with Gasteiger partial charge in [-0.3, -0.25) is 0 Å². The molecule has 6 heteroatoms. The van der Waals surface area contributed by atoms with E-state index in [4.69, 9.17) is 0 Å². The topological polar surface area (TPSA) is 55.6 Å². The number of hydrogen-bond donors (Lipinski definition) is 1. The second-order valence-corrected chi connectivity index (χ2v) is 5.01. The van der Waals surface area contributed by atoms with Gasteiger partial charge in [-0.15, -0.1) is 5.10 Å². The minimum Gasteiger partial charge on any atom is -0.378 e. The molecule has 0 saturated heterocycles. The molecule has 1 atom stereocenters. The zero-order valence-corrected chi connectivity index (χ0v) is 11.2. The molecule has 0 aliphatic rings. The number of nitrogens with zero attached hydrogens (tertiary/aromatic N) is 4. The SMILES string of the molecule is CC(Nc1ccsc1)c1cccc(-n2cnnn2)c1. The zero-order valence-electron chi connectivity index (χ0n) is 10.4. The van der Waals surface area contributed by atoms with Crippen molar-refractivity contribution in [1.29, 1.82) is 0 Å². The van der Waals surface area contributed by atoms with E-state index in [2.05, 4.69) is 56.7 Å². The van der Waals surface area contributed by atoms with Gasteiger partial charge in [0.1, 0.15) is 6.33 Å². The summed E-state index contributed by atoms with van der Waals surface area (Å²) in [5.41, 5.74) is 3.30. The number of hydrogen-bond acceptors (Lipinski definition) is 5. The van der Waals surface area contributed by atoms with Gasteiger partial charge in [0.2, 0.25) is 0 Å². The summed E-state index contributed by atoms with van der Waals surface area (Å²) >= 11 is 1.68. The lowest BCUT2D eigenvalue weighted by molar-refractivity contribution is 0.785. The van der Waals surface area contributed by atoms with E-state index < -0.39 is 0 Å². The molecule has 1 N–H and O–H groups in total. The number of rotatable bonds is 4. The van der Waals surface area contributed by atoms with E-state index in [0.717, 1.165) is 11.4 Å². The molecule has 0 radical (unpaired) electrons. The molecule has 5 nitrogen and oxygen atoms in total. The van der Waals surface area contributed by atoms with Crippen LogP contribution in [-0.4, -0.2) is 20.2 Å². The van der Waals surface area contributed by atoms with Crippen molar-refractivity contribution in [2.24, 2.45) is 0 Å². The Morgan fingerprint density at radius 1 is 1.32 bits per heavy atom. The number of anilines is 1. The van der Waals surface area contributed by atoms with Gasteiger partial charge in [0.15, 0.2) is 0 Å². The molecule has 2 heterocycles. The van der Waals surface area contributed by atoms with E-state index in [9.17, 15) is 0 Å². The summed E-state index contributed by atoms with van der Waals surface area (Å²) in [6, 6.07) is 10.5. The van der Waals surface area contributed by atoms with Gasteiger partial charge in [-0.05, 0) is 46.5 Å². The van der Waals surface area contributed by atoms with E-state index in [1.807, 2.05) is 12.1 Å². The van der Waals surface area contributed by atoms with Gasteiger partial charge in [-0.1, -0.05) is 12.1 Å². The summed E-state index contributed by atoms with van der Waals surface area (Å²) in [6.07, 6.45) is 1.59. The van der Waals surface area contributed by atoms with Crippen LogP contribution in [0.5, 0.6) is 0 Å². The molecule has 0 spiro atoms. The molecule has 0 amide bonds. The fourth-order valence-corrected chi connectivity index (χ4v) is 2.49. The fourth-order valence-electron chi connectivity index (χ4n) is 1.90. The van der Waals surface area contributed by atoms with Crippen molar-refractivity contribution in [3.8, 4) is 5.69 Å². The predicted octanol–water partition coefficient (Wildman–Crippen LogP) is 2.90. The molecule has 0 aliphatic heterocycles. The van der Waals surface area contributed by atoms with Crippen LogP contribution >= 0.6 is 11.3 Å². The van der Waals surface area contributed by atoms with Crippen molar-refractivity contribution in [1.82, 2.24) is 20.2 Å². The lowest BCUT2D eigenvalue weighted by atomic mass is 10.1. The van der Waals surface area contributed by atoms with Crippen LogP contribution in [0.1, 0.15) is 18.5 Å². The Balaban J connectivity index is 1.83. The Hall–Kier alpha value is -2.21. The highest BCUT2D eigenvalue weighted by molar-refractivity contribution is 7.08. The van der Waals surface area contributed by atoms with Gasteiger partial charge in [0.25, 0.3) is 0 Å². The second kappa shape index (κ2) is 5.19. The lowest BCUT2D eigenvalue weighted by Crippen LogP contribution is -2.06. The van der Waals surface area contributed by atoms with Crippen molar-refractivity contribution >= 4 is 17.0 Å². The number of thiophene rings is 1. The lowest BCUT2D eigenvalue weighted by Gasteiger charge is -2.15. The first-order valence-corrected chi connectivity index (χ1v) is 6.89. The minimum atomic E-state index is 0.228. The zero-order chi connectivity index (χ0) is 13.1. The molecule has 0 bridgehead atoms. The normalized spacial score (nSPS) is 12.3. The molecule has 19 heavy (non-hydrogen) atoms. The molecule has 0 fully saturated rings. The Kier molecular flexibility index (Phi) is 3.24. The summed E-state index contributed by atoms with van der Waals surface area (Å²) < 4.78 is 1.65. The van der Waals surface area contributed by atoms with Gasteiger partial charge < -0.3 is 5.32 Å². The van der Waals surface area contributed by atoms with E-state index in [0.29, 0.717) is 0 Å². The highest BCUT2D eigenvalue weighted by Crippen LogP contribution is 2.22. The van der Waals surface area contributed by atoms with Crippen LogP contribution in [0.3, 0.4) is 0 Å². The summed E-state index contributed by atoms with van der Waals surface area (Å²) in [5.74, 6) is 0. The van der Waals surface area contributed by atoms with Gasteiger partial charge in [-0.25, -0.2) is 4.68 Å². The quantitative estimate of drug-likeness (QED) is 0.792. The van der Waals surface area contributed by atoms with Crippen molar-refractivity contribution in [2.75, 3.05) is 5.32 Å². The standard InChI is InChI=1S/C13H13N5S/c1-10(15-12-5-6-19-8-12)11-3-2-4-13(7-11)18-9-14-16-17-18/h2-10,15H,1H3. The maximum absolute atomic E-state index is 3.90. The van der Waals surface area contributed by atoms with Gasteiger partial charge in [-0.2, -0.15) is 11.3 Å². The van der Waals surface area contributed by atoms with Crippen LogP contribution in [0.4, 0.5) is 5.69 Å². The molecule has 1 aromatic carbocycles. The molecule has 2 aromatic heterocycles. The van der Waals surface area contributed by atoms with Crippen molar-refractivity contribution in [3.63, 3.8) is 0 Å². The first-order valence-electron chi connectivity index (χ1n) is 5.95. The van der Waals surface area contributed by atoms with Crippen LogP contribution in [-0.2, 0) is 0 Å². The Labute approximate surface area is 114 Å². The average Bonchev–Trinajstić information content (AvgIpc) is 3.12. The van der Waals surface area contributed by atoms with Gasteiger partial charge >= 0.3 is 0 Å². The molecule has 3 aromatic rings. The Morgan fingerprint density at radius 2 is 2.26 bits per heavy atom. The summed E-state index contributed by atoms with van der Waals surface area (Å²) in [5, 5.41) is 18.8. The first kappa shape index (κ1) is 11.9. The summed E-state index contributed by atoms with van der Waals surface area (Å²) in [7, 11) is 0. The summed E-state index contributed by atoms with van der Waals surface area (Å²) in [6.45, 7) is 2.14. The molecular formula is C13H13N5S. The molecule has 0 saturated carbocycles. The number of benzene rings is 1. The second-order valence-electron chi connectivity index (χ2n) is 4.23. The predicted molar refractivity (Wildman–Crippen MR) is 75.5 cm³/mol. The largest absolute Gasteiger partial charge is 0.378 e. The van der Waals surface area contributed by atoms with Gasteiger partial charge in [0, 0.05) is 17.1 Å². The van der Waals surface area contributed by atoms with Crippen LogP contribution in [0.2, 0.25) is 0 Å². The van der Waals surface area contributed by atoms with Crippen LogP contribution in [0, 0.1) is 0 Å². The van der Waals surface area contributed by atoms with Crippen LogP contribution < -0.4 is 5.32 Å². The third-order valence-electron chi connectivity index (χ3n) is 2.89. The Morgan fingerprint density at radius 3 is 3.00 bits per heavy atom. The van der Waals surface area contributed by atoms with E-state index >= 15 is 0 Å². The van der Waals surface area contributed by atoms with E-state index in [1.165, 1.54) is 5.56 Å². The first-order chi connectivity index (χ1) is 9.33. The van der Waals surface area contributed by atoms with E-state index in [-0.39, 0.29) is 6.04 Å². The van der Waals surface area contributed by atoms with Crippen molar-refractivity contribution in [3.05, 3.63) is 53.0 Å². The number of aromatic nitrogens is 4. The number of tetrazole rings is 1. The molecule has 0 aliphatic carbocycles. The smallest absolute Gasteiger partial charge is 0.143 e. The van der Waals surface area contributed by atoms with Gasteiger partial charge in [0.05, 0.1) is 5.69 Å². The molecule has 3 rings (SSSR count). The van der Waals surface area contributed by atoms with E-state index in [1.54, 1.807) is 22.3 Å². The Bertz CT molecular complexity index is 633. The monoisotopic (exact) mass is 271 g/mol. The fraction of sp³-hybridized carbons (Fsp3) is 0.154. The average molecular weight is 271 g/mol.